The molecule has 3 N–H and O–H groups in total. The van der Waals surface area contributed by atoms with Crippen LogP contribution in [0.15, 0.2) is 18.2 Å². The molecule has 0 spiro atoms. The van der Waals surface area contributed by atoms with E-state index in [2.05, 4.69) is 0 Å². The molecule has 15 heavy (non-hydrogen) atoms. The number of amides is 1. The molecular weight excluding hydrogens is 225 g/mol. The molecule has 1 aromatic carbocycles. The zero-order valence-electron chi connectivity index (χ0n) is 7.58. The molecule has 0 bridgehead atoms. The Hall–Kier alpha value is -1.33. The lowest BCUT2D eigenvalue weighted by molar-refractivity contribution is 0.177. The molecule has 0 saturated carbocycles. The fourth-order valence-electron chi connectivity index (χ4n) is 1.11. The van der Waals surface area contributed by atoms with Crippen LogP contribution in [0.3, 0.4) is 0 Å². The van der Waals surface area contributed by atoms with Crippen LogP contribution in [-0.4, -0.2) is 22.9 Å². The fraction of sp³-hybridized carbons (Fsp3) is 0.222. The quantitative estimate of drug-likeness (QED) is 0.745. The van der Waals surface area contributed by atoms with Gasteiger partial charge in [-0.2, -0.15) is 0 Å². The maximum atomic E-state index is 13.0. The largest absolute Gasteiger partial charge is 0.465 e. The molecule has 1 aromatic rings. The van der Waals surface area contributed by atoms with Crippen molar-refractivity contribution >= 4 is 17.7 Å². The van der Waals surface area contributed by atoms with Crippen molar-refractivity contribution < 1.29 is 19.4 Å². The number of benzene rings is 1. The van der Waals surface area contributed by atoms with Crippen LogP contribution in [0, 0.1) is 5.82 Å². The van der Waals surface area contributed by atoms with E-state index in [-0.39, 0.29) is 5.02 Å². The third kappa shape index (κ3) is 3.07. The van der Waals surface area contributed by atoms with Gasteiger partial charge in [0.15, 0.2) is 0 Å². The highest BCUT2D eigenvalue weighted by Crippen LogP contribution is 2.20. The normalized spacial score (nSPS) is 12.2. The minimum absolute atomic E-state index is 0.0502. The lowest BCUT2D eigenvalue weighted by Gasteiger charge is -2.14. The van der Waals surface area contributed by atoms with E-state index in [1.54, 1.807) is 0 Å². The van der Waals surface area contributed by atoms with Gasteiger partial charge in [-0.3, -0.25) is 0 Å². The Morgan fingerprint density at radius 2 is 2.27 bits per heavy atom. The molecule has 1 rings (SSSR count). The zero-order chi connectivity index (χ0) is 11.4. The first-order valence-electron chi connectivity index (χ1n) is 4.10. The summed E-state index contributed by atoms with van der Waals surface area (Å²) >= 11 is 5.46. The summed E-state index contributed by atoms with van der Waals surface area (Å²) in [6.07, 6.45) is -1.29. The fourth-order valence-corrected chi connectivity index (χ4v) is 1.23. The first kappa shape index (κ1) is 11.7. The maximum absolute atomic E-state index is 13.0. The van der Waals surface area contributed by atoms with E-state index in [1.165, 1.54) is 12.1 Å². The van der Waals surface area contributed by atoms with E-state index in [0.29, 0.717) is 5.56 Å². The number of carbonyl (C=O) groups is 1. The van der Waals surface area contributed by atoms with Crippen molar-refractivity contribution in [1.29, 1.82) is 0 Å². The van der Waals surface area contributed by atoms with Crippen molar-refractivity contribution in [2.45, 2.75) is 6.04 Å². The molecule has 0 aliphatic heterocycles. The van der Waals surface area contributed by atoms with Gasteiger partial charge in [0.25, 0.3) is 0 Å². The number of rotatable bonds is 3. The standard InChI is InChI=1S/C9H9ClFNO3/c10-6-2-1-5(3-7(6)11)8(4-13)12-9(14)15/h1-3,8,12-13H,4H2,(H,14,15)/t8-/m1/s1. The van der Waals surface area contributed by atoms with Gasteiger partial charge in [0.05, 0.1) is 17.7 Å². The molecule has 0 saturated heterocycles. The van der Waals surface area contributed by atoms with Gasteiger partial charge in [0.1, 0.15) is 5.82 Å². The van der Waals surface area contributed by atoms with Crippen LogP contribution < -0.4 is 5.32 Å². The predicted octanol–water partition coefficient (Wildman–Crippen LogP) is 1.78. The summed E-state index contributed by atoms with van der Waals surface area (Å²) < 4.78 is 13.0. The second kappa shape index (κ2) is 4.95. The van der Waals surface area contributed by atoms with Crippen LogP contribution >= 0.6 is 11.6 Å². The highest BCUT2D eigenvalue weighted by molar-refractivity contribution is 6.30. The Balaban J connectivity index is 2.92. The molecule has 6 heteroatoms. The summed E-state index contributed by atoms with van der Waals surface area (Å²) in [5, 5.41) is 19.4. The van der Waals surface area contributed by atoms with E-state index < -0.39 is 24.6 Å². The molecule has 0 aliphatic rings. The van der Waals surface area contributed by atoms with E-state index in [0.717, 1.165) is 6.07 Å². The van der Waals surface area contributed by atoms with E-state index in [1.807, 2.05) is 5.32 Å². The second-order valence-corrected chi connectivity index (χ2v) is 3.27. The molecule has 82 valence electrons. The second-order valence-electron chi connectivity index (χ2n) is 2.86. The summed E-state index contributed by atoms with van der Waals surface area (Å²) in [4.78, 5) is 10.4. The van der Waals surface area contributed by atoms with Crippen LogP contribution in [0.4, 0.5) is 9.18 Å². The van der Waals surface area contributed by atoms with Gasteiger partial charge in [-0.25, -0.2) is 9.18 Å². The molecule has 0 radical (unpaired) electrons. The smallest absolute Gasteiger partial charge is 0.405 e. The molecule has 0 aromatic heterocycles. The topological polar surface area (TPSA) is 69.6 Å². The van der Waals surface area contributed by atoms with E-state index in [4.69, 9.17) is 21.8 Å². The first-order valence-corrected chi connectivity index (χ1v) is 4.47. The minimum atomic E-state index is -1.29. The lowest BCUT2D eigenvalue weighted by atomic mass is 10.1. The van der Waals surface area contributed by atoms with Gasteiger partial charge in [-0.05, 0) is 17.7 Å². The van der Waals surface area contributed by atoms with Gasteiger partial charge >= 0.3 is 6.09 Å². The molecule has 0 unspecified atom stereocenters. The summed E-state index contributed by atoms with van der Waals surface area (Å²) in [6, 6.07) is 2.98. The van der Waals surface area contributed by atoms with Crippen LogP contribution in [-0.2, 0) is 0 Å². The van der Waals surface area contributed by atoms with Crippen molar-refractivity contribution in [3.8, 4) is 0 Å². The third-order valence-corrected chi connectivity index (χ3v) is 2.13. The van der Waals surface area contributed by atoms with Crippen LogP contribution in [0.2, 0.25) is 5.02 Å². The number of aliphatic hydroxyl groups excluding tert-OH is 1. The number of hydrogen-bond acceptors (Lipinski definition) is 2. The predicted molar refractivity (Wildman–Crippen MR) is 52.4 cm³/mol. The summed E-state index contributed by atoms with van der Waals surface area (Å²) in [5.74, 6) is -0.653. The van der Waals surface area contributed by atoms with Gasteiger partial charge in [-0.15, -0.1) is 0 Å². The SMILES string of the molecule is O=C(O)N[C@H](CO)c1ccc(Cl)c(F)c1. The molecule has 1 atom stereocenters. The average molecular weight is 234 g/mol. The zero-order valence-corrected chi connectivity index (χ0v) is 8.33. The highest BCUT2D eigenvalue weighted by Gasteiger charge is 2.14. The van der Waals surface area contributed by atoms with Crippen molar-refractivity contribution in [3.05, 3.63) is 34.6 Å². The van der Waals surface area contributed by atoms with Gasteiger partial charge in [-0.1, -0.05) is 17.7 Å². The molecular formula is C9H9ClFNO3. The van der Waals surface area contributed by atoms with Crippen molar-refractivity contribution in [2.75, 3.05) is 6.61 Å². The maximum Gasteiger partial charge on any atom is 0.405 e. The Kier molecular flexibility index (Phi) is 3.88. The summed E-state index contributed by atoms with van der Waals surface area (Å²) in [5.41, 5.74) is 0.321. The lowest BCUT2D eigenvalue weighted by Crippen LogP contribution is -2.29. The van der Waals surface area contributed by atoms with Crippen molar-refractivity contribution in [1.82, 2.24) is 5.32 Å². The van der Waals surface area contributed by atoms with Gasteiger partial charge in [0, 0.05) is 0 Å². The Labute approximate surface area is 90.3 Å². The molecule has 0 aliphatic carbocycles. The molecule has 0 heterocycles. The Morgan fingerprint density at radius 1 is 1.60 bits per heavy atom. The molecule has 0 fully saturated rings. The average Bonchev–Trinajstić information content (AvgIpc) is 2.18. The van der Waals surface area contributed by atoms with E-state index >= 15 is 0 Å². The number of nitrogens with one attached hydrogen (secondary N) is 1. The molecule has 1 amide bonds. The summed E-state index contributed by atoms with van der Waals surface area (Å²) in [6.45, 7) is -0.451. The van der Waals surface area contributed by atoms with Crippen molar-refractivity contribution in [2.24, 2.45) is 0 Å². The highest BCUT2D eigenvalue weighted by atomic mass is 35.5. The monoisotopic (exact) mass is 233 g/mol. The van der Waals surface area contributed by atoms with Gasteiger partial charge in [0.2, 0.25) is 0 Å². The van der Waals surface area contributed by atoms with E-state index in [9.17, 15) is 9.18 Å². The van der Waals surface area contributed by atoms with Crippen molar-refractivity contribution in [3.63, 3.8) is 0 Å². The Morgan fingerprint density at radius 3 is 2.73 bits per heavy atom. The number of carboxylic acid groups (broad SMARTS) is 1. The minimum Gasteiger partial charge on any atom is -0.465 e. The summed E-state index contributed by atoms with van der Waals surface area (Å²) in [7, 11) is 0. The first-order chi connectivity index (χ1) is 7.04. The van der Waals surface area contributed by atoms with Crippen LogP contribution in [0.25, 0.3) is 0 Å². The molecule has 4 nitrogen and oxygen atoms in total. The Bertz CT molecular complexity index is 372. The number of hydrogen-bond donors (Lipinski definition) is 3. The van der Waals surface area contributed by atoms with Crippen LogP contribution in [0.5, 0.6) is 0 Å². The third-order valence-electron chi connectivity index (χ3n) is 1.83. The van der Waals surface area contributed by atoms with Crippen LogP contribution in [0.1, 0.15) is 11.6 Å². The number of aliphatic hydroxyl groups is 1. The number of halogens is 2. The van der Waals surface area contributed by atoms with Gasteiger partial charge < -0.3 is 15.5 Å².